The van der Waals surface area contributed by atoms with Crippen LogP contribution in [0.15, 0.2) is 54.6 Å². The molecule has 5 nitrogen and oxygen atoms in total. The van der Waals surface area contributed by atoms with Crippen molar-refractivity contribution in [2.45, 2.75) is 18.9 Å². The summed E-state index contributed by atoms with van der Waals surface area (Å²) in [5, 5.41) is 5.67. The molecule has 3 saturated heterocycles. The van der Waals surface area contributed by atoms with Crippen LogP contribution < -0.4 is 15.5 Å². The lowest BCUT2D eigenvalue weighted by Gasteiger charge is -2.50. The zero-order valence-corrected chi connectivity index (χ0v) is 16.9. The third kappa shape index (κ3) is 4.88. The minimum absolute atomic E-state index is 0.279. The van der Waals surface area contributed by atoms with Gasteiger partial charge in [-0.05, 0) is 61.6 Å². The van der Waals surface area contributed by atoms with Gasteiger partial charge in [-0.2, -0.15) is 0 Å². The molecule has 0 aromatic heterocycles. The van der Waals surface area contributed by atoms with Crippen LogP contribution in [0.2, 0.25) is 0 Å². The Balaban J connectivity index is 1.26. The summed E-state index contributed by atoms with van der Waals surface area (Å²) in [5.74, 6) is 1.00. The Morgan fingerprint density at radius 3 is 2.76 bits per heavy atom. The Morgan fingerprint density at radius 1 is 1.21 bits per heavy atom. The second-order valence-electron chi connectivity index (χ2n) is 8.25. The summed E-state index contributed by atoms with van der Waals surface area (Å²) in [7, 11) is 2.17. The lowest BCUT2D eigenvalue weighted by Crippen LogP contribution is -2.58. The molecule has 3 fully saturated rings. The first-order valence-corrected chi connectivity index (χ1v) is 10.4. The number of piperidine rings is 3. The van der Waals surface area contributed by atoms with Gasteiger partial charge in [0.05, 0.1) is 0 Å². The highest BCUT2D eigenvalue weighted by Gasteiger charge is 2.40. The number of carbonyl (C=O) groups excluding carboxylic acids is 1. The van der Waals surface area contributed by atoms with Gasteiger partial charge in [0.15, 0.2) is 0 Å². The van der Waals surface area contributed by atoms with Crippen molar-refractivity contribution in [3.63, 3.8) is 0 Å². The molecule has 2 aromatic carbocycles. The van der Waals surface area contributed by atoms with E-state index in [2.05, 4.69) is 51.7 Å². The van der Waals surface area contributed by atoms with Crippen molar-refractivity contribution in [1.82, 2.24) is 10.2 Å². The molecule has 0 saturated carbocycles. The van der Waals surface area contributed by atoms with Crippen molar-refractivity contribution < 1.29 is 9.18 Å². The van der Waals surface area contributed by atoms with Crippen molar-refractivity contribution in [3.05, 3.63) is 60.4 Å². The van der Waals surface area contributed by atoms with Gasteiger partial charge in [0, 0.05) is 44.1 Å². The SMILES string of the molecule is CN(C[C@H]1CN2CC[C@H]1C[C@@H]2CNC(=O)Nc1cccc(F)c1)c1ccccc1. The van der Waals surface area contributed by atoms with Gasteiger partial charge >= 0.3 is 6.03 Å². The Kier molecular flexibility index (Phi) is 6.00. The minimum atomic E-state index is -0.356. The summed E-state index contributed by atoms with van der Waals surface area (Å²) in [4.78, 5) is 17.0. The van der Waals surface area contributed by atoms with Crippen molar-refractivity contribution in [2.24, 2.45) is 11.8 Å². The van der Waals surface area contributed by atoms with E-state index in [-0.39, 0.29) is 11.8 Å². The number of carbonyl (C=O) groups is 1. The van der Waals surface area contributed by atoms with Crippen LogP contribution in [0, 0.1) is 17.7 Å². The van der Waals surface area contributed by atoms with Gasteiger partial charge in [0.2, 0.25) is 0 Å². The monoisotopic (exact) mass is 396 g/mol. The van der Waals surface area contributed by atoms with Crippen LogP contribution in [0.25, 0.3) is 0 Å². The fraction of sp³-hybridized carbons (Fsp3) is 0.435. The number of urea groups is 1. The van der Waals surface area contributed by atoms with Gasteiger partial charge < -0.3 is 15.5 Å². The summed E-state index contributed by atoms with van der Waals surface area (Å²) >= 11 is 0. The molecule has 3 aliphatic rings. The standard InChI is InChI=1S/C23H29FN4O/c1-27(21-8-3-2-4-9-21)15-18-16-28-11-10-17(18)12-22(28)14-25-23(29)26-20-7-5-6-19(24)13-20/h2-9,13,17-18,22H,10-12,14-16H2,1H3,(H2,25,26,29)/t17-,18-,22+/m0/s1. The molecule has 3 aliphatic heterocycles. The number of rotatable bonds is 6. The smallest absolute Gasteiger partial charge is 0.319 e. The Labute approximate surface area is 171 Å². The summed E-state index contributed by atoms with van der Waals surface area (Å²) in [5.41, 5.74) is 1.73. The Bertz CT molecular complexity index is 831. The molecule has 4 atom stereocenters. The molecule has 0 aliphatic carbocycles. The first-order chi connectivity index (χ1) is 14.1. The molecule has 154 valence electrons. The fourth-order valence-corrected chi connectivity index (χ4v) is 4.76. The topological polar surface area (TPSA) is 47.6 Å². The molecule has 6 heteroatoms. The number of nitrogens with one attached hydrogen (secondary N) is 2. The zero-order valence-electron chi connectivity index (χ0n) is 16.9. The quantitative estimate of drug-likeness (QED) is 0.781. The maximum Gasteiger partial charge on any atom is 0.319 e. The fourth-order valence-electron chi connectivity index (χ4n) is 4.76. The van der Waals surface area contributed by atoms with Crippen molar-refractivity contribution in [1.29, 1.82) is 0 Å². The number of para-hydroxylation sites is 1. The second kappa shape index (κ2) is 8.82. The van der Waals surface area contributed by atoms with Crippen molar-refractivity contribution in [3.8, 4) is 0 Å². The van der Waals surface area contributed by atoms with Gasteiger partial charge in [0.25, 0.3) is 0 Å². The van der Waals surface area contributed by atoms with Crippen LogP contribution in [-0.2, 0) is 0 Å². The molecule has 0 spiro atoms. The zero-order chi connectivity index (χ0) is 20.2. The van der Waals surface area contributed by atoms with Gasteiger partial charge in [-0.1, -0.05) is 24.3 Å². The third-order valence-corrected chi connectivity index (χ3v) is 6.30. The minimum Gasteiger partial charge on any atom is -0.374 e. The molecule has 2 amide bonds. The summed E-state index contributed by atoms with van der Waals surface area (Å²) < 4.78 is 13.2. The average molecular weight is 397 g/mol. The summed E-state index contributed by atoms with van der Waals surface area (Å²) in [6.45, 7) is 3.87. The van der Waals surface area contributed by atoms with Gasteiger partial charge in [-0.15, -0.1) is 0 Å². The predicted octanol–water partition coefficient (Wildman–Crippen LogP) is 3.79. The first-order valence-electron chi connectivity index (χ1n) is 10.4. The van der Waals surface area contributed by atoms with Gasteiger partial charge in [-0.25, -0.2) is 9.18 Å². The molecule has 2 N–H and O–H groups in total. The van der Waals surface area contributed by atoms with Crippen LogP contribution >= 0.6 is 0 Å². The summed E-state index contributed by atoms with van der Waals surface area (Å²) in [6.07, 6.45) is 2.35. The highest BCUT2D eigenvalue weighted by atomic mass is 19.1. The maximum absolute atomic E-state index is 13.2. The number of anilines is 2. The predicted molar refractivity (Wildman–Crippen MR) is 115 cm³/mol. The van der Waals surface area contributed by atoms with E-state index < -0.39 is 0 Å². The van der Waals surface area contributed by atoms with Crippen molar-refractivity contribution >= 4 is 17.4 Å². The van der Waals surface area contributed by atoms with E-state index >= 15 is 0 Å². The van der Waals surface area contributed by atoms with Crippen LogP contribution in [0.1, 0.15) is 12.8 Å². The van der Waals surface area contributed by atoms with Crippen LogP contribution in [0.5, 0.6) is 0 Å². The molecule has 2 bridgehead atoms. The average Bonchev–Trinajstić information content (AvgIpc) is 2.73. The highest BCUT2D eigenvalue weighted by Crippen LogP contribution is 2.36. The van der Waals surface area contributed by atoms with E-state index in [0.717, 1.165) is 26.1 Å². The molecule has 5 rings (SSSR count). The lowest BCUT2D eigenvalue weighted by atomic mass is 9.75. The van der Waals surface area contributed by atoms with Crippen LogP contribution in [0.4, 0.5) is 20.6 Å². The number of fused-ring (bicyclic) bond motifs is 3. The van der Waals surface area contributed by atoms with E-state index in [1.807, 2.05) is 6.07 Å². The first kappa shape index (κ1) is 19.7. The highest BCUT2D eigenvalue weighted by molar-refractivity contribution is 5.89. The maximum atomic E-state index is 13.2. The molecule has 1 unspecified atom stereocenters. The van der Waals surface area contributed by atoms with Crippen molar-refractivity contribution in [2.75, 3.05) is 43.4 Å². The molecule has 29 heavy (non-hydrogen) atoms. The van der Waals surface area contributed by atoms with E-state index in [0.29, 0.717) is 30.1 Å². The van der Waals surface area contributed by atoms with Crippen LogP contribution in [-0.4, -0.2) is 50.2 Å². The van der Waals surface area contributed by atoms with E-state index in [1.54, 1.807) is 12.1 Å². The van der Waals surface area contributed by atoms with E-state index in [1.165, 1.54) is 24.2 Å². The van der Waals surface area contributed by atoms with Gasteiger partial charge in [-0.3, -0.25) is 4.90 Å². The number of nitrogens with zero attached hydrogens (tertiary/aromatic N) is 2. The normalized spacial score (nSPS) is 25.4. The lowest BCUT2D eigenvalue weighted by molar-refractivity contribution is 0.00612. The summed E-state index contributed by atoms with van der Waals surface area (Å²) in [6, 6.07) is 16.6. The number of amides is 2. The number of halogens is 1. The van der Waals surface area contributed by atoms with Gasteiger partial charge in [0.1, 0.15) is 5.82 Å². The Morgan fingerprint density at radius 2 is 2.03 bits per heavy atom. The third-order valence-electron chi connectivity index (χ3n) is 6.30. The molecular weight excluding hydrogens is 367 g/mol. The number of hydrogen-bond donors (Lipinski definition) is 2. The Hall–Kier alpha value is -2.60. The number of benzene rings is 2. The van der Waals surface area contributed by atoms with E-state index in [4.69, 9.17) is 0 Å². The second-order valence-corrected chi connectivity index (χ2v) is 8.25. The number of hydrogen-bond acceptors (Lipinski definition) is 3. The molecular formula is C23H29FN4O. The molecule has 0 radical (unpaired) electrons. The van der Waals surface area contributed by atoms with E-state index in [9.17, 15) is 9.18 Å². The molecule has 3 heterocycles. The van der Waals surface area contributed by atoms with Crippen LogP contribution in [0.3, 0.4) is 0 Å². The molecule has 2 aromatic rings. The largest absolute Gasteiger partial charge is 0.374 e.